The predicted octanol–water partition coefficient (Wildman–Crippen LogP) is 4.85. The zero-order valence-corrected chi connectivity index (χ0v) is 18.5. The smallest absolute Gasteiger partial charge is 0.294 e. The summed E-state index contributed by atoms with van der Waals surface area (Å²) in [5.41, 5.74) is 4.42. The van der Waals surface area contributed by atoms with Gasteiger partial charge in [0.2, 0.25) is 5.91 Å². The molecule has 7 heteroatoms. The Hall–Kier alpha value is -3.32. The minimum Gasteiger partial charge on any atom is -0.490 e. The van der Waals surface area contributed by atoms with E-state index in [1.807, 2.05) is 32.9 Å². The molecule has 0 aliphatic carbocycles. The van der Waals surface area contributed by atoms with Gasteiger partial charge in [-0.3, -0.25) is 19.3 Å². The Morgan fingerprint density at radius 1 is 1.13 bits per heavy atom. The Bertz CT molecular complexity index is 1050. The summed E-state index contributed by atoms with van der Waals surface area (Å²) in [6, 6.07) is 11.1. The van der Waals surface area contributed by atoms with Gasteiger partial charge in [0.25, 0.3) is 11.1 Å². The maximum Gasteiger partial charge on any atom is 0.294 e. The summed E-state index contributed by atoms with van der Waals surface area (Å²) in [5, 5.41) is 2.36. The van der Waals surface area contributed by atoms with Crippen molar-refractivity contribution in [3.63, 3.8) is 0 Å². The molecule has 0 aromatic heterocycles. The SMILES string of the molecule is C=CCOc1ccc(/C=C2/SC(=O)N(CC(=O)Nc3c(C)cc(C)cc3C)C2=O)cc1. The molecule has 0 unspecified atom stereocenters. The van der Waals surface area contributed by atoms with Crippen molar-refractivity contribution in [3.05, 3.63) is 76.2 Å². The van der Waals surface area contributed by atoms with E-state index < -0.39 is 17.1 Å². The van der Waals surface area contributed by atoms with Crippen molar-refractivity contribution in [1.29, 1.82) is 0 Å². The molecule has 3 amide bonds. The Morgan fingerprint density at radius 2 is 1.77 bits per heavy atom. The van der Waals surface area contributed by atoms with Crippen molar-refractivity contribution in [3.8, 4) is 5.75 Å². The average Bonchev–Trinajstić information content (AvgIpc) is 2.97. The number of imide groups is 1. The lowest BCUT2D eigenvalue weighted by Gasteiger charge is -2.15. The van der Waals surface area contributed by atoms with Crippen LogP contribution in [-0.4, -0.2) is 35.1 Å². The largest absolute Gasteiger partial charge is 0.490 e. The molecule has 6 nitrogen and oxygen atoms in total. The van der Waals surface area contributed by atoms with Gasteiger partial charge in [-0.1, -0.05) is 42.5 Å². The number of hydrogen-bond acceptors (Lipinski definition) is 5. The number of thioether (sulfide) groups is 1. The molecule has 0 bridgehead atoms. The Balaban J connectivity index is 1.68. The van der Waals surface area contributed by atoms with E-state index >= 15 is 0 Å². The number of amides is 3. The van der Waals surface area contributed by atoms with E-state index in [0.29, 0.717) is 18.0 Å². The van der Waals surface area contributed by atoms with Crippen LogP contribution < -0.4 is 10.1 Å². The Kier molecular flexibility index (Phi) is 6.97. The summed E-state index contributed by atoms with van der Waals surface area (Å²) < 4.78 is 5.43. The highest BCUT2D eigenvalue weighted by molar-refractivity contribution is 8.18. The fourth-order valence-electron chi connectivity index (χ4n) is 3.30. The third-order valence-corrected chi connectivity index (χ3v) is 5.57. The fourth-order valence-corrected chi connectivity index (χ4v) is 4.14. The first kappa shape index (κ1) is 22.4. The number of hydrogen-bond donors (Lipinski definition) is 1. The van der Waals surface area contributed by atoms with Gasteiger partial charge in [0.05, 0.1) is 4.91 Å². The second-order valence-electron chi connectivity index (χ2n) is 7.26. The molecule has 0 saturated carbocycles. The number of ether oxygens (including phenoxy) is 1. The zero-order chi connectivity index (χ0) is 22.5. The molecule has 1 heterocycles. The van der Waals surface area contributed by atoms with Crippen LogP contribution in [0.4, 0.5) is 10.5 Å². The van der Waals surface area contributed by atoms with Gasteiger partial charge < -0.3 is 10.1 Å². The molecule has 160 valence electrons. The van der Waals surface area contributed by atoms with Crippen molar-refractivity contribution in [2.45, 2.75) is 20.8 Å². The van der Waals surface area contributed by atoms with E-state index in [1.54, 1.807) is 36.4 Å². The number of benzene rings is 2. The second kappa shape index (κ2) is 9.66. The van der Waals surface area contributed by atoms with E-state index in [9.17, 15) is 14.4 Å². The van der Waals surface area contributed by atoms with Crippen LogP contribution in [-0.2, 0) is 9.59 Å². The van der Waals surface area contributed by atoms with Gasteiger partial charge in [0.15, 0.2) is 0 Å². The number of rotatable bonds is 7. The topological polar surface area (TPSA) is 75.7 Å². The molecule has 0 spiro atoms. The first-order valence-electron chi connectivity index (χ1n) is 9.75. The first-order valence-corrected chi connectivity index (χ1v) is 10.6. The van der Waals surface area contributed by atoms with E-state index in [4.69, 9.17) is 4.74 Å². The van der Waals surface area contributed by atoms with Crippen molar-refractivity contribution in [1.82, 2.24) is 4.90 Å². The van der Waals surface area contributed by atoms with Crippen LogP contribution in [0.25, 0.3) is 6.08 Å². The molecule has 31 heavy (non-hydrogen) atoms. The molecule has 3 rings (SSSR count). The highest BCUT2D eigenvalue weighted by atomic mass is 32.2. The maximum absolute atomic E-state index is 12.7. The third kappa shape index (κ3) is 5.44. The standard InChI is InChI=1S/C24H24N2O4S/c1-5-10-30-19-8-6-18(7-9-19)13-20-23(28)26(24(29)31-20)14-21(27)25-22-16(3)11-15(2)12-17(22)4/h5-9,11-13H,1,10,14H2,2-4H3,(H,25,27)/b20-13+. The summed E-state index contributed by atoms with van der Waals surface area (Å²) in [4.78, 5) is 38.8. The molecule has 1 aliphatic rings. The van der Waals surface area contributed by atoms with Crippen LogP contribution >= 0.6 is 11.8 Å². The number of carbonyl (C=O) groups excluding carboxylic acids is 3. The van der Waals surface area contributed by atoms with Gasteiger partial charge in [-0.2, -0.15) is 0 Å². The zero-order valence-electron chi connectivity index (χ0n) is 17.7. The number of aryl methyl sites for hydroxylation is 3. The van der Waals surface area contributed by atoms with Crippen LogP contribution in [0.3, 0.4) is 0 Å². The average molecular weight is 437 g/mol. The highest BCUT2D eigenvalue weighted by Gasteiger charge is 2.36. The minimum absolute atomic E-state index is 0.278. The van der Waals surface area contributed by atoms with E-state index in [-0.39, 0.29) is 11.4 Å². The van der Waals surface area contributed by atoms with Gasteiger partial charge >= 0.3 is 0 Å². The van der Waals surface area contributed by atoms with Crippen molar-refractivity contribution >= 4 is 40.6 Å². The number of nitrogens with one attached hydrogen (secondary N) is 1. The molecule has 1 saturated heterocycles. The Morgan fingerprint density at radius 3 is 2.39 bits per heavy atom. The highest BCUT2D eigenvalue weighted by Crippen LogP contribution is 2.32. The van der Waals surface area contributed by atoms with E-state index in [0.717, 1.165) is 38.9 Å². The van der Waals surface area contributed by atoms with Crippen molar-refractivity contribution in [2.75, 3.05) is 18.5 Å². The van der Waals surface area contributed by atoms with Crippen LogP contribution in [0.2, 0.25) is 0 Å². The molecule has 1 aliphatic heterocycles. The summed E-state index contributed by atoms with van der Waals surface area (Å²) in [5.74, 6) is -0.208. The van der Waals surface area contributed by atoms with Gasteiger partial charge in [0, 0.05) is 5.69 Å². The van der Waals surface area contributed by atoms with Crippen LogP contribution in [0.1, 0.15) is 22.3 Å². The third-order valence-electron chi connectivity index (χ3n) is 4.66. The van der Waals surface area contributed by atoms with Crippen molar-refractivity contribution in [2.24, 2.45) is 0 Å². The van der Waals surface area contributed by atoms with Crippen LogP contribution in [0.5, 0.6) is 5.75 Å². The minimum atomic E-state index is -0.477. The second-order valence-corrected chi connectivity index (χ2v) is 8.25. The molecule has 2 aromatic carbocycles. The fraction of sp³-hybridized carbons (Fsp3) is 0.208. The Labute approximate surface area is 186 Å². The van der Waals surface area contributed by atoms with E-state index in [1.165, 1.54) is 0 Å². The number of carbonyl (C=O) groups is 3. The normalized spacial score (nSPS) is 14.8. The van der Waals surface area contributed by atoms with Crippen LogP contribution in [0.15, 0.2) is 54.0 Å². The lowest BCUT2D eigenvalue weighted by atomic mass is 10.1. The molecule has 0 atom stereocenters. The maximum atomic E-state index is 12.7. The molecule has 1 fully saturated rings. The number of anilines is 1. The molecule has 0 radical (unpaired) electrons. The number of nitrogens with zero attached hydrogens (tertiary/aromatic N) is 1. The van der Waals surface area contributed by atoms with Gasteiger partial charge in [-0.05, 0) is 67.4 Å². The van der Waals surface area contributed by atoms with E-state index in [2.05, 4.69) is 11.9 Å². The summed E-state index contributed by atoms with van der Waals surface area (Å²) in [7, 11) is 0. The lowest BCUT2D eigenvalue weighted by Crippen LogP contribution is -2.36. The summed E-state index contributed by atoms with van der Waals surface area (Å²) in [6.07, 6.45) is 3.29. The summed E-state index contributed by atoms with van der Waals surface area (Å²) in [6.45, 7) is 9.48. The molecule has 2 aromatic rings. The van der Waals surface area contributed by atoms with Gasteiger partial charge in [-0.25, -0.2) is 0 Å². The molecule has 1 N–H and O–H groups in total. The quantitative estimate of drug-likeness (QED) is 0.496. The van der Waals surface area contributed by atoms with Crippen LogP contribution in [0, 0.1) is 20.8 Å². The van der Waals surface area contributed by atoms with Gasteiger partial charge in [-0.15, -0.1) is 0 Å². The van der Waals surface area contributed by atoms with Gasteiger partial charge in [0.1, 0.15) is 18.9 Å². The van der Waals surface area contributed by atoms with Crippen molar-refractivity contribution < 1.29 is 19.1 Å². The first-order chi connectivity index (χ1) is 14.8. The lowest BCUT2D eigenvalue weighted by molar-refractivity contribution is -0.127. The predicted molar refractivity (Wildman–Crippen MR) is 124 cm³/mol. The molecular weight excluding hydrogens is 412 g/mol. The monoisotopic (exact) mass is 436 g/mol. The summed E-state index contributed by atoms with van der Waals surface area (Å²) >= 11 is 0.825. The molecular formula is C24H24N2O4S.